The van der Waals surface area contributed by atoms with Gasteiger partial charge in [-0.3, -0.25) is 0 Å². The average Bonchev–Trinajstić information content (AvgIpc) is 2.38. The van der Waals surface area contributed by atoms with E-state index in [1.807, 2.05) is 0 Å². The molecule has 0 amide bonds. The van der Waals surface area contributed by atoms with Crippen LogP contribution in [0.3, 0.4) is 0 Å². The fourth-order valence-electron chi connectivity index (χ4n) is 2.44. The summed E-state index contributed by atoms with van der Waals surface area (Å²) in [6.07, 6.45) is 0. The third-order valence-corrected chi connectivity index (χ3v) is 3.66. The molecule has 0 saturated heterocycles. The van der Waals surface area contributed by atoms with Gasteiger partial charge in [0.05, 0.1) is 14.2 Å². The van der Waals surface area contributed by atoms with Crippen molar-refractivity contribution in [3.63, 3.8) is 0 Å². The van der Waals surface area contributed by atoms with Gasteiger partial charge in [-0.25, -0.2) is 0 Å². The fraction of sp³-hybridized carbons (Fsp3) is 0.625. The number of hydrogen-bond acceptors (Lipinski definition) is 3. The second kappa shape index (κ2) is 6.80. The second-order valence-corrected chi connectivity index (χ2v) is 5.58. The molecular formula is C16H27NO2. The fourth-order valence-corrected chi connectivity index (χ4v) is 2.44. The van der Waals surface area contributed by atoms with Crippen molar-refractivity contribution in [1.29, 1.82) is 0 Å². The molecule has 1 atom stereocenters. The largest absolute Gasteiger partial charge is 0.496 e. The summed E-state index contributed by atoms with van der Waals surface area (Å²) < 4.78 is 11.1. The number of methoxy groups -OCH3 is 2. The summed E-state index contributed by atoms with van der Waals surface area (Å²) in [7, 11) is 3.42. The van der Waals surface area contributed by atoms with Crippen molar-refractivity contribution in [3.8, 4) is 11.5 Å². The maximum Gasteiger partial charge on any atom is 0.122 e. The Morgan fingerprint density at radius 3 is 1.79 bits per heavy atom. The predicted octanol–water partition coefficient (Wildman–Crippen LogP) is 3.53. The van der Waals surface area contributed by atoms with Gasteiger partial charge in [0.1, 0.15) is 11.5 Å². The minimum absolute atomic E-state index is 0.282. The minimum atomic E-state index is 0.282. The Bertz CT molecular complexity index is 413. The first-order valence-electron chi connectivity index (χ1n) is 6.92. The van der Waals surface area contributed by atoms with Crippen LogP contribution >= 0.6 is 0 Å². The normalized spacial score (nSPS) is 12.9. The number of ether oxygens (including phenoxy) is 2. The van der Waals surface area contributed by atoms with Gasteiger partial charge in [-0.2, -0.15) is 0 Å². The number of nitrogens with two attached hydrogens (primary N) is 1. The van der Waals surface area contributed by atoms with Crippen molar-refractivity contribution in [3.05, 3.63) is 23.3 Å². The molecule has 0 aliphatic rings. The standard InChI is InChI=1S/C16H27NO2/c1-10(2)12-7-16(19-6)13(8-15(12)18-5)14(9-17)11(3)4/h7-8,10-11,14H,9,17H2,1-6H3. The number of benzene rings is 1. The smallest absolute Gasteiger partial charge is 0.122 e. The second-order valence-electron chi connectivity index (χ2n) is 5.58. The highest BCUT2D eigenvalue weighted by molar-refractivity contribution is 5.49. The number of hydrogen-bond donors (Lipinski definition) is 1. The van der Waals surface area contributed by atoms with Crippen LogP contribution in [0.2, 0.25) is 0 Å². The summed E-state index contributed by atoms with van der Waals surface area (Å²) in [5, 5.41) is 0. The van der Waals surface area contributed by atoms with Gasteiger partial charge in [-0.05, 0) is 30.5 Å². The van der Waals surface area contributed by atoms with E-state index < -0.39 is 0 Å². The zero-order valence-corrected chi connectivity index (χ0v) is 13.0. The highest BCUT2D eigenvalue weighted by Gasteiger charge is 2.21. The molecule has 0 spiro atoms. The molecule has 0 aromatic heterocycles. The summed E-state index contributed by atoms with van der Waals surface area (Å²) in [5.74, 6) is 2.98. The van der Waals surface area contributed by atoms with Gasteiger partial charge in [0.15, 0.2) is 0 Å². The molecule has 3 nitrogen and oxygen atoms in total. The molecule has 2 N–H and O–H groups in total. The van der Waals surface area contributed by atoms with Crippen LogP contribution in [0.4, 0.5) is 0 Å². The molecule has 3 heteroatoms. The maximum absolute atomic E-state index is 5.92. The van der Waals surface area contributed by atoms with Crippen molar-refractivity contribution < 1.29 is 9.47 Å². The van der Waals surface area contributed by atoms with Crippen LogP contribution in [0, 0.1) is 5.92 Å². The molecular weight excluding hydrogens is 238 g/mol. The van der Waals surface area contributed by atoms with E-state index in [0.29, 0.717) is 18.4 Å². The lowest BCUT2D eigenvalue weighted by atomic mass is 9.86. The van der Waals surface area contributed by atoms with E-state index in [-0.39, 0.29) is 5.92 Å². The summed E-state index contributed by atoms with van der Waals surface area (Å²) in [6, 6.07) is 4.18. The predicted molar refractivity (Wildman–Crippen MR) is 80.3 cm³/mol. The lowest BCUT2D eigenvalue weighted by Gasteiger charge is -2.24. The van der Waals surface area contributed by atoms with Crippen LogP contribution in [0.1, 0.15) is 50.7 Å². The van der Waals surface area contributed by atoms with Crippen LogP contribution in [0.25, 0.3) is 0 Å². The van der Waals surface area contributed by atoms with Crippen LogP contribution in [-0.2, 0) is 0 Å². The van der Waals surface area contributed by atoms with Crippen molar-refractivity contribution >= 4 is 0 Å². The summed E-state index contributed by atoms with van der Waals surface area (Å²) >= 11 is 0. The lowest BCUT2D eigenvalue weighted by molar-refractivity contribution is 0.382. The van der Waals surface area contributed by atoms with Crippen molar-refractivity contribution in [2.24, 2.45) is 11.7 Å². The van der Waals surface area contributed by atoms with E-state index in [0.717, 1.165) is 17.1 Å². The molecule has 0 bridgehead atoms. The lowest BCUT2D eigenvalue weighted by Crippen LogP contribution is -2.19. The molecule has 0 saturated carbocycles. The van der Waals surface area contributed by atoms with Crippen LogP contribution in [0.15, 0.2) is 12.1 Å². The van der Waals surface area contributed by atoms with E-state index in [1.165, 1.54) is 5.56 Å². The first-order valence-corrected chi connectivity index (χ1v) is 6.92. The molecule has 0 fully saturated rings. The van der Waals surface area contributed by atoms with E-state index in [1.54, 1.807) is 14.2 Å². The minimum Gasteiger partial charge on any atom is -0.496 e. The summed E-state index contributed by atoms with van der Waals surface area (Å²) in [6.45, 7) is 9.28. The molecule has 19 heavy (non-hydrogen) atoms. The molecule has 0 heterocycles. The first-order chi connectivity index (χ1) is 8.96. The SMILES string of the molecule is COc1cc(C(CN)C(C)C)c(OC)cc1C(C)C. The van der Waals surface area contributed by atoms with Gasteiger partial charge in [-0.1, -0.05) is 27.7 Å². The molecule has 0 aliphatic carbocycles. The molecule has 108 valence electrons. The Hall–Kier alpha value is -1.22. The zero-order chi connectivity index (χ0) is 14.6. The Kier molecular flexibility index (Phi) is 5.67. The molecule has 1 aromatic carbocycles. The van der Waals surface area contributed by atoms with E-state index in [9.17, 15) is 0 Å². The molecule has 0 aliphatic heterocycles. The highest BCUT2D eigenvalue weighted by atomic mass is 16.5. The average molecular weight is 265 g/mol. The molecule has 1 unspecified atom stereocenters. The topological polar surface area (TPSA) is 44.5 Å². The van der Waals surface area contributed by atoms with E-state index in [4.69, 9.17) is 15.2 Å². The Morgan fingerprint density at radius 1 is 0.947 bits per heavy atom. The van der Waals surface area contributed by atoms with Crippen LogP contribution in [0.5, 0.6) is 11.5 Å². The summed E-state index contributed by atoms with van der Waals surface area (Å²) in [5.41, 5.74) is 8.23. The van der Waals surface area contributed by atoms with Gasteiger partial charge < -0.3 is 15.2 Å². The number of rotatable bonds is 6. The quantitative estimate of drug-likeness (QED) is 0.856. The van der Waals surface area contributed by atoms with Gasteiger partial charge in [-0.15, -0.1) is 0 Å². The van der Waals surface area contributed by atoms with E-state index >= 15 is 0 Å². The third kappa shape index (κ3) is 3.41. The first kappa shape index (κ1) is 15.8. The zero-order valence-electron chi connectivity index (χ0n) is 13.0. The van der Waals surface area contributed by atoms with Gasteiger partial charge in [0, 0.05) is 17.0 Å². The van der Waals surface area contributed by atoms with Crippen molar-refractivity contribution in [1.82, 2.24) is 0 Å². The molecule has 1 aromatic rings. The Balaban J connectivity index is 3.38. The van der Waals surface area contributed by atoms with Gasteiger partial charge in [0.2, 0.25) is 0 Å². The van der Waals surface area contributed by atoms with Crippen molar-refractivity contribution in [2.75, 3.05) is 20.8 Å². The monoisotopic (exact) mass is 265 g/mol. The van der Waals surface area contributed by atoms with E-state index in [2.05, 4.69) is 39.8 Å². The van der Waals surface area contributed by atoms with Gasteiger partial charge in [0.25, 0.3) is 0 Å². The Morgan fingerprint density at radius 2 is 1.42 bits per heavy atom. The van der Waals surface area contributed by atoms with Crippen molar-refractivity contribution in [2.45, 2.75) is 39.5 Å². The van der Waals surface area contributed by atoms with Crippen LogP contribution in [-0.4, -0.2) is 20.8 Å². The highest BCUT2D eigenvalue weighted by Crippen LogP contribution is 2.38. The molecule has 0 radical (unpaired) electrons. The summed E-state index contributed by atoms with van der Waals surface area (Å²) in [4.78, 5) is 0. The van der Waals surface area contributed by atoms with Gasteiger partial charge >= 0.3 is 0 Å². The Labute approximate surface area is 117 Å². The molecule has 1 rings (SSSR count). The van der Waals surface area contributed by atoms with Crippen LogP contribution < -0.4 is 15.2 Å². The third-order valence-electron chi connectivity index (χ3n) is 3.66. The maximum atomic E-state index is 5.92.